The zero-order valence-corrected chi connectivity index (χ0v) is 10.6. The topological polar surface area (TPSA) is 54.4 Å². The molecule has 0 unspecified atom stereocenters. The minimum Gasteiger partial charge on any atom is -0.388 e. The third-order valence-corrected chi connectivity index (χ3v) is 4.72. The van der Waals surface area contributed by atoms with Crippen LogP contribution in [0.4, 0.5) is 0 Å². The van der Waals surface area contributed by atoms with Gasteiger partial charge in [0.25, 0.3) is 0 Å². The van der Waals surface area contributed by atoms with Crippen LogP contribution in [-0.4, -0.2) is 25.0 Å². The number of benzene rings is 1. The summed E-state index contributed by atoms with van der Waals surface area (Å²) in [5.74, 6) is 0.243. The number of aliphatic hydroxyl groups excluding tert-OH is 1. The number of hydrogen-bond donors (Lipinski definition) is 1. The molecule has 3 nitrogen and oxygen atoms in total. The van der Waals surface area contributed by atoms with E-state index in [1.165, 1.54) is 0 Å². The van der Waals surface area contributed by atoms with E-state index in [4.69, 9.17) is 0 Å². The first-order chi connectivity index (χ1) is 7.98. The van der Waals surface area contributed by atoms with Crippen molar-refractivity contribution in [3.8, 4) is 0 Å². The summed E-state index contributed by atoms with van der Waals surface area (Å²) in [5.41, 5.74) is 2.58. The Hall–Kier alpha value is -1.13. The molecule has 0 saturated heterocycles. The highest BCUT2D eigenvalue weighted by atomic mass is 32.2. The number of rotatable bonds is 3. The maximum absolute atomic E-state index is 11.4. The Balaban J connectivity index is 2.11. The summed E-state index contributed by atoms with van der Waals surface area (Å²) in [5, 5.41) is 10.0. The molecule has 1 N–H and O–H groups in total. The van der Waals surface area contributed by atoms with Gasteiger partial charge in [0.2, 0.25) is 0 Å². The first-order valence-corrected chi connectivity index (χ1v) is 7.41. The Morgan fingerprint density at radius 2 is 1.88 bits per heavy atom. The van der Waals surface area contributed by atoms with Gasteiger partial charge in [0, 0.05) is 0 Å². The molecule has 1 heterocycles. The van der Waals surface area contributed by atoms with Gasteiger partial charge in [-0.05, 0) is 18.9 Å². The van der Waals surface area contributed by atoms with Crippen LogP contribution in [0.2, 0.25) is 0 Å². The summed E-state index contributed by atoms with van der Waals surface area (Å²) < 4.78 is 22.9. The third kappa shape index (κ3) is 2.96. The molecule has 0 aliphatic carbocycles. The van der Waals surface area contributed by atoms with Gasteiger partial charge in [-0.25, -0.2) is 8.42 Å². The van der Waals surface area contributed by atoms with Crippen molar-refractivity contribution in [3.05, 3.63) is 47.0 Å². The van der Waals surface area contributed by atoms with Crippen molar-refractivity contribution in [1.29, 1.82) is 0 Å². The average molecular weight is 252 g/mol. The van der Waals surface area contributed by atoms with Crippen LogP contribution in [0, 0.1) is 0 Å². The standard InChI is InChI=1S/C13H16O3S/c1-10-8-17(15,16)9-12(10)7-13(14)11-5-3-2-4-6-11/h2-6,13-14H,7-9H2,1H3/t13-/m1/s1. The van der Waals surface area contributed by atoms with Gasteiger partial charge in [-0.3, -0.25) is 0 Å². The Bertz CT molecular complexity index is 529. The van der Waals surface area contributed by atoms with Crippen LogP contribution in [0.1, 0.15) is 25.0 Å². The highest BCUT2D eigenvalue weighted by Crippen LogP contribution is 2.28. The van der Waals surface area contributed by atoms with E-state index in [-0.39, 0.29) is 11.5 Å². The zero-order valence-electron chi connectivity index (χ0n) is 9.76. The van der Waals surface area contributed by atoms with Crippen LogP contribution in [0.5, 0.6) is 0 Å². The van der Waals surface area contributed by atoms with E-state index in [1.807, 2.05) is 37.3 Å². The summed E-state index contributed by atoms with van der Waals surface area (Å²) in [7, 11) is -2.96. The van der Waals surface area contributed by atoms with Gasteiger partial charge in [-0.2, -0.15) is 0 Å². The summed E-state index contributed by atoms with van der Waals surface area (Å²) in [4.78, 5) is 0. The summed E-state index contributed by atoms with van der Waals surface area (Å²) in [6.45, 7) is 1.83. The van der Waals surface area contributed by atoms with Crippen LogP contribution in [0.15, 0.2) is 41.5 Å². The Kier molecular flexibility index (Phi) is 3.35. The second-order valence-corrected chi connectivity index (χ2v) is 6.61. The Labute approximate surface area is 102 Å². The highest BCUT2D eigenvalue weighted by molar-refractivity contribution is 7.92. The van der Waals surface area contributed by atoms with Gasteiger partial charge in [-0.1, -0.05) is 41.5 Å². The predicted octanol–water partition coefficient (Wildman–Crippen LogP) is 1.85. The van der Waals surface area contributed by atoms with Crippen molar-refractivity contribution in [2.24, 2.45) is 0 Å². The van der Waals surface area contributed by atoms with Gasteiger partial charge in [0.15, 0.2) is 9.84 Å². The fourth-order valence-corrected chi connectivity index (χ4v) is 3.99. The molecule has 1 atom stereocenters. The molecule has 1 aromatic rings. The molecule has 0 saturated carbocycles. The molecule has 1 aromatic carbocycles. The lowest BCUT2D eigenvalue weighted by Crippen LogP contribution is -2.05. The van der Waals surface area contributed by atoms with Crippen molar-refractivity contribution in [2.45, 2.75) is 19.4 Å². The molecular weight excluding hydrogens is 236 g/mol. The average Bonchev–Trinajstić information content (AvgIpc) is 2.53. The fourth-order valence-electron chi connectivity index (χ4n) is 2.13. The lowest BCUT2D eigenvalue weighted by atomic mass is 10.00. The summed E-state index contributed by atoms with van der Waals surface area (Å²) in [6.07, 6.45) is -0.204. The normalized spacial score (nSPS) is 20.6. The largest absolute Gasteiger partial charge is 0.388 e. The van der Waals surface area contributed by atoms with E-state index in [0.717, 1.165) is 16.7 Å². The SMILES string of the molecule is CC1=C(C[C@@H](O)c2ccccc2)CS(=O)(=O)C1. The maximum Gasteiger partial charge on any atom is 0.157 e. The van der Waals surface area contributed by atoms with Gasteiger partial charge < -0.3 is 5.11 Å². The van der Waals surface area contributed by atoms with Crippen LogP contribution in [-0.2, 0) is 9.84 Å². The molecule has 0 radical (unpaired) electrons. The van der Waals surface area contributed by atoms with E-state index in [9.17, 15) is 13.5 Å². The van der Waals surface area contributed by atoms with Crippen LogP contribution >= 0.6 is 0 Å². The van der Waals surface area contributed by atoms with Gasteiger partial charge in [0.05, 0.1) is 17.6 Å². The van der Waals surface area contributed by atoms with E-state index < -0.39 is 15.9 Å². The van der Waals surface area contributed by atoms with E-state index >= 15 is 0 Å². The molecule has 0 fully saturated rings. The highest BCUT2D eigenvalue weighted by Gasteiger charge is 2.26. The van der Waals surface area contributed by atoms with Crippen molar-refractivity contribution >= 4 is 9.84 Å². The first-order valence-electron chi connectivity index (χ1n) is 5.59. The second-order valence-electron chi connectivity index (χ2n) is 4.55. The number of sulfone groups is 1. The molecule has 92 valence electrons. The van der Waals surface area contributed by atoms with Crippen molar-refractivity contribution < 1.29 is 13.5 Å². The molecule has 1 aliphatic rings. The van der Waals surface area contributed by atoms with Crippen LogP contribution in [0.25, 0.3) is 0 Å². The van der Waals surface area contributed by atoms with Gasteiger partial charge >= 0.3 is 0 Å². The molecule has 0 amide bonds. The zero-order chi connectivity index (χ0) is 12.5. The maximum atomic E-state index is 11.4. The van der Waals surface area contributed by atoms with E-state index in [1.54, 1.807) is 0 Å². The molecule has 0 spiro atoms. The predicted molar refractivity (Wildman–Crippen MR) is 67.4 cm³/mol. The van der Waals surface area contributed by atoms with Crippen molar-refractivity contribution in [3.63, 3.8) is 0 Å². The molecule has 1 aliphatic heterocycles. The first kappa shape index (κ1) is 12.3. The molecule has 17 heavy (non-hydrogen) atoms. The van der Waals surface area contributed by atoms with E-state index in [0.29, 0.717) is 6.42 Å². The van der Waals surface area contributed by atoms with Crippen molar-refractivity contribution in [1.82, 2.24) is 0 Å². The fraction of sp³-hybridized carbons (Fsp3) is 0.385. The Morgan fingerprint density at radius 1 is 1.24 bits per heavy atom. The summed E-state index contributed by atoms with van der Waals surface area (Å²) in [6, 6.07) is 9.32. The lowest BCUT2D eigenvalue weighted by molar-refractivity contribution is 0.178. The van der Waals surface area contributed by atoms with Gasteiger partial charge in [0.1, 0.15) is 0 Å². The molecule has 2 rings (SSSR count). The van der Waals surface area contributed by atoms with E-state index in [2.05, 4.69) is 0 Å². The smallest absolute Gasteiger partial charge is 0.157 e. The number of aliphatic hydroxyl groups is 1. The second kappa shape index (κ2) is 4.63. The molecule has 0 aromatic heterocycles. The minimum atomic E-state index is -2.96. The molecule has 4 heteroatoms. The monoisotopic (exact) mass is 252 g/mol. The lowest BCUT2D eigenvalue weighted by Gasteiger charge is -2.11. The minimum absolute atomic E-state index is 0.0999. The van der Waals surface area contributed by atoms with Crippen molar-refractivity contribution in [2.75, 3.05) is 11.5 Å². The van der Waals surface area contributed by atoms with Crippen LogP contribution < -0.4 is 0 Å². The molecule has 0 bridgehead atoms. The third-order valence-electron chi connectivity index (χ3n) is 3.06. The summed E-state index contributed by atoms with van der Waals surface area (Å²) >= 11 is 0. The van der Waals surface area contributed by atoms with Crippen LogP contribution in [0.3, 0.4) is 0 Å². The quantitative estimate of drug-likeness (QED) is 0.835. The van der Waals surface area contributed by atoms with Gasteiger partial charge in [-0.15, -0.1) is 0 Å². The Morgan fingerprint density at radius 3 is 2.41 bits per heavy atom. The molecular formula is C13H16O3S. The number of hydrogen-bond acceptors (Lipinski definition) is 3.